The zero-order chi connectivity index (χ0) is 23.8. The molecule has 2 aromatic carbocycles. The van der Waals surface area contributed by atoms with E-state index in [2.05, 4.69) is 22.3 Å². The van der Waals surface area contributed by atoms with E-state index in [0.717, 1.165) is 30.8 Å². The highest BCUT2D eigenvalue weighted by Crippen LogP contribution is 2.23. The lowest BCUT2D eigenvalue weighted by molar-refractivity contribution is -0.131. The highest BCUT2D eigenvalue weighted by atomic mass is 16.6. The van der Waals surface area contributed by atoms with Gasteiger partial charge in [0.25, 0.3) is 0 Å². The lowest BCUT2D eigenvalue weighted by Crippen LogP contribution is -2.39. The number of carbonyl (C=O) groups is 2. The summed E-state index contributed by atoms with van der Waals surface area (Å²) in [4.78, 5) is 29.4. The Kier molecular flexibility index (Phi) is 8.50. The van der Waals surface area contributed by atoms with Crippen LogP contribution in [0.4, 0.5) is 4.79 Å². The quantitative estimate of drug-likeness (QED) is 0.640. The zero-order valence-electron chi connectivity index (χ0n) is 20.3. The van der Waals surface area contributed by atoms with E-state index in [1.54, 1.807) is 0 Å². The molecule has 1 N–H and O–H groups in total. The van der Waals surface area contributed by atoms with Crippen LogP contribution in [0.5, 0.6) is 0 Å². The predicted molar refractivity (Wildman–Crippen MR) is 131 cm³/mol. The third-order valence-corrected chi connectivity index (χ3v) is 5.89. The lowest BCUT2D eigenvalue weighted by atomic mass is 10.0. The van der Waals surface area contributed by atoms with E-state index in [1.165, 1.54) is 18.4 Å². The van der Waals surface area contributed by atoms with Crippen LogP contribution in [0.15, 0.2) is 54.6 Å². The summed E-state index contributed by atoms with van der Waals surface area (Å²) in [6.07, 6.45) is 2.37. The van der Waals surface area contributed by atoms with Crippen LogP contribution in [-0.2, 0) is 22.5 Å². The maximum Gasteiger partial charge on any atom is 0.407 e. The number of hydrogen-bond acceptors (Lipinski definition) is 4. The first-order chi connectivity index (χ1) is 15.7. The molecule has 0 saturated carbocycles. The fourth-order valence-electron chi connectivity index (χ4n) is 4.07. The smallest absolute Gasteiger partial charge is 0.407 e. The van der Waals surface area contributed by atoms with Gasteiger partial charge in [0.2, 0.25) is 5.91 Å². The fraction of sp³-hybridized carbons (Fsp3) is 0.481. The standard InChI is InChI=1S/C27H37N3O3/c1-27(2,3)33-26(32)28-19-22-14-12-21(13-15-22)18-25(31)29(4)24(20-30-16-8-9-17-30)23-10-6-5-7-11-23/h5-7,10-15,24H,8-9,16-20H2,1-4H3,(H,28,32). The molecule has 0 aromatic heterocycles. The molecule has 1 unspecified atom stereocenters. The molecule has 1 fully saturated rings. The molecule has 1 atom stereocenters. The number of carbonyl (C=O) groups excluding carboxylic acids is 2. The number of nitrogens with zero attached hydrogens (tertiary/aromatic N) is 2. The van der Waals surface area contributed by atoms with Crippen LogP contribution in [0.3, 0.4) is 0 Å². The Morgan fingerprint density at radius 1 is 1.00 bits per heavy atom. The first-order valence-electron chi connectivity index (χ1n) is 11.8. The normalized spacial score (nSPS) is 15.2. The molecular formula is C27H37N3O3. The van der Waals surface area contributed by atoms with E-state index in [4.69, 9.17) is 4.74 Å². The topological polar surface area (TPSA) is 61.9 Å². The van der Waals surface area contributed by atoms with Crippen molar-refractivity contribution in [2.24, 2.45) is 0 Å². The zero-order valence-corrected chi connectivity index (χ0v) is 20.3. The van der Waals surface area contributed by atoms with Crippen LogP contribution in [-0.4, -0.2) is 54.1 Å². The highest BCUT2D eigenvalue weighted by Gasteiger charge is 2.25. The number of likely N-dealkylation sites (tertiary alicyclic amines) is 1. The third kappa shape index (κ3) is 7.90. The van der Waals surface area contributed by atoms with Gasteiger partial charge < -0.3 is 19.9 Å². The number of benzene rings is 2. The van der Waals surface area contributed by atoms with Gasteiger partial charge in [-0.1, -0.05) is 54.6 Å². The Morgan fingerprint density at radius 3 is 2.21 bits per heavy atom. The number of hydrogen-bond donors (Lipinski definition) is 1. The van der Waals surface area contributed by atoms with Crippen LogP contribution < -0.4 is 5.32 Å². The maximum atomic E-state index is 13.2. The van der Waals surface area contributed by atoms with E-state index in [9.17, 15) is 9.59 Å². The second kappa shape index (κ2) is 11.3. The van der Waals surface area contributed by atoms with Crippen molar-refractivity contribution in [3.05, 3.63) is 71.3 Å². The van der Waals surface area contributed by atoms with Crippen LogP contribution in [0.2, 0.25) is 0 Å². The molecule has 0 aliphatic carbocycles. The Balaban J connectivity index is 1.58. The number of amides is 2. The highest BCUT2D eigenvalue weighted by molar-refractivity contribution is 5.79. The van der Waals surface area contributed by atoms with Crippen LogP contribution in [0.25, 0.3) is 0 Å². The molecule has 3 rings (SSSR count). The predicted octanol–water partition coefficient (Wildman–Crippen LogP) is 4.55. The molecule has 0 bridgehead atoms. The number of likely N-dealkylation sites (N-methyl/N-ethyl adjacent to an activating group) is 1. The molecular weight excluding hydrogens is 414 g/mol. The van der Waals surface area contributed by atoms with E-state index in [0.29, 0.717) is 13.0 Å². The van der Waals surface area contributed by atoms with Gasteiger partial charge in [0.05, 0.1) is 12.5 Å². The Labute approximate surface area is 197 Å². The van der Waals surface area contributed by atoms with Gasteiger partial charge in [0, 0.05) is 20.1 Å². The van der Waals surface area contributed by atoms with E-state index >= 15 is 0 Å². The third-order valence-electron chi connectivity index (χ3n) is 5.89. The van der Waals surface area contributed by atoms with E-state index in [-0.39, 0.29) is 11.9 Å². The van der Waals surface area contributed by atoms with Crippen molar-refractivity contribution in [2.75, 3.05) is 26.7 Å². The molecule has 1 saturated heterocycles. The average Bonchev–Trinajstić information content (AvgIpc) is 3.29. The molecule has 1 aliphatic heterocycles. The molecule has 2 aromatic rings. The molecule has 178 valence electrons. The van der Waals surface area contributed by atoms with E-state index in [1.807, 2.05) is 75.2 Å². The summed E-state index contributed by atoms with van der Waals surface area (Å²) in [5, 5.41) is 2.76. The van der Waals surface area contributed by atoms with Crippen molar-refractivity contribution < 1.29 is 14.3 Å². The second-order valence-corrected chi connectivity index (χ2v) is 9.79. The maximum absolute atomic E-state index is 13.2. The number of rotatable bonds is 8. The van der Waals surface area contributed by atoms with Gasteiger partial charge in [0.15, 0.2) is 0 Å². The molecule has 33 heavy (non-hydrogen) atoms. The van der Waals surface area contributed by atoms with Crippen LogP contribution >= 0.6 is 0 Å². The lowest BCUT2D eigenvalue weighted by Gasteiger charge is -2.32. The number of nitrogens with one attached hydrogen (secondary N) is 1. The molecule has 6 heteroatoms. The van der Waals surface area contributed by atoms with Gasteiger partial charge in [-0.25, -0.2) is 4.79 Å². The molecule has 0 radical (unpaired) electrons. The second-order valence-electron chi connectivity index (χ2n) is 9.79. The van der Waals surface area contributed by atoms with Crippen LogP contribution in [0.1, 0.15) is 56.3 Å². The monoisotopic (exact) mass is 451 g/mol. The Hall–Kier alpha value is -2.86. The van der Waals surface area contributed by atoms with Crippen molar-refractivity contribution in [1.29, 1.82) is 0 Å². The van der Waals surface area contributed by atoms with Crippen molar-refractivity contribution in [3.63, 3.8) is 0 Å². The van der Waals surface area contributed by atoms with Crippen LogP contribution in [0, 0.1) is 0 Å². The van der Waals surface area contributed by atoms with Gasteiger partial charge in [-0.2, -0.15) is 0 Å². The van der Waals surface area contributed by atoms with E-state index < -0.39 is 11.7 Å². The Bertz CT molecular complexity index is 900. The molecule has 6 nitrogen and oxygen atoms in total. The largest absolute Gasteiger partial charge is 0.444 e. The van der Waals surface area contributed by atoms with Gasteiger partial charge >= 0.3 is 6.09 Å². The fourth-order valence-corrected chi connectivity index (χ4v) is 4.07. The summed E-state index contributed by atoms with van der Waals surface area (Å²) in [7, 11) is 1.91. The first kappa shape index (κ1) is 24.8. The molecule has 1 aliphatic rings. The Morgan fingerprint density at radius 2 is 1.61 bits per heavy atom. The van der Waals surface area contributed by atoms with Crippen molar-refractivity contribution in [3.8, 4) is 0 Å². The minimum atomic E-state index is -0.521. The molecule has 1 heterocycles. The van der Waals surface area contributed by atoms with Crippen molar-refractivity contribution in [2.45, 2.75) is 58.2 Å². The SMILES string of the molecule is CN(C(=O)Cc1ccc(CNC(=O)OC(C)(C)C)cc1)C(CN1CCCC1)c1ccccc1. The summed E-state index contributed by atoms with van der Waals surface area (Å²) in [5.74, 6) is 0.0997. The first-order valence-corrected chi connectivity index (χ1v) is 11.8. The minimum absolute atomic E-state index is 0.0362. The molecule has 2 amide bonds. The summed E-state index contributed by atoms with van der Waals surface area (Å²) in [5.41, 5.74) is 2.57. The summed E-state index contributed by atoms with van der Waals surface area (Å²) in [6, 6.07) is 18.1. The summed E-state index contributed by atoms with van der Waals surface area (Å²) < 4.78 is 5.26. The van der Waals surface area contributed by atoms with Gasteiger partial charge in [-0.15, -0.1) is 0 Å². The summed E-state index contributed by atoms with van der Waals surface area (Å²) >= 11 is 0. The molecule has 0 spiro atoms. The minimum Gasteiger partial charge on any atom is -0.444 e. The number of ether oxygens (including phenoxy) is 1. The average molecular weight is 452 g/mol. The number of alkyl carbamates (subject to hydrolysis) is 1. The van der Waals surface area contributed by atoms with Crippen molar-refractivity contribution in [1.82, 2.24) is 15.1 Å². The van der Waals surface area contributed by atoms with Crippen molar-refractivity contribution >= 4 is 12.0 Å². The van der Waals surface area contributed by atoms with Gasteiger partial charge in [-0.3, -0.25) is 4.79 Å². The summed E-state index contributed by atoms with van der Waals surface area (Å²) in [6.45, 7) is 8.96. The van der Waals surface area contributed by atoms with Gasteiger partial charge in [0.1, 0.15) is 5.60 Å². The van der Waals surface area contributed by atoms with Gasteiger partial charge in [-0.05, 0) is 63.4 Å².